The van der Waals surface area contributed by atoms with Gasteiger partial charge in [-0.1, -0.05) is 13.8 Å². The Morgan fingerprint density at radius 3 is 2.38 bits per heavy atom. The minimum Gasteiger partial charge on any atom is -0.350 e. The first-order valence-corrected chi connectivity index (χ1v) is 6.96. The SMILES string of the molecule is CC(=O)N[C@H](C(=O)NCc1c(C)cc(C)[nH]c1=O)C(C)C. The van der Waals surface area contributed by atoms with Gasteiger partial charge >= 0.3 is 0 Å². The smallest absolute Gasteiger partial charge is 0.253 e. The molecule has 1 rings (SSSR count). The maximum atomic E-state index is 12.1. The van der Waals surface area contributed by atoms with Gasteiger partial charge in [0.15, 0.2) is 0 Å². The Hall–Kier alpha value is -2.11. The second-order valence-corrected chi connectivity index (χ2v) is 5.58. The highest BCUT2D eigenvalue weighted by molar-refractivity contribution is 5.87. The molecular weight excluding hydrogens is 270 g/mol. The Bertz CT molecular complexity index is 590. The highest BCUT2D eigenvalue weighted by atomic mass is 16.2. The van der Waals surface area contributed by atoms with Crippen molar-refractivity contribution in [3.05, 3.63) is 33.2 Å². The third-order valence-corrected chi connectivity index (χ3v) is 3.24. The van der Waals surface area contributed by atoms with E-state index in [1.54, 1.807) is 0 Å². The van der Waals surface area contributed by atoms with Gasteiger partial charge in [-0.25, -0.2) is 0 Å². The van der Waals surface area contributed by atoms with Crippen LogP contribution in [0.5, 0.6) is 0 Å². The van der Waals surface area contributed by atoms with E-state index in [9.17, 15) is 14.4 Å². The average molecular weight is 293 g/mol. The van der Waals surface area contributed by atoms with Crippen LogP contribution in [0, 0.1) is 19.8 Å². The van der Waals surface area contributed by atoms with Crippen LogP contribution in [0.15, 0.2) is 10.9 Å². The van der Waals surface area contributed by atoms with Gasteiger partial charge in [0.05, 0.1) is 0 Å². The summed E-state index contributed by atoms with van der Waals surface area (Å²) in [5.41, 5.74) is 1.94. The molecule has 0 radical (unpaired) electrons. The molecule has 0 aliphatic carbocycles. The molecule has 0 bridgehead atoms. The molecule has 0 saturated carbocycles. The number of hydrogen-bond acceptors (Lipinski definition) is 3. The summed E-state index contributed by atoms with van der Waals surface area (Å²) in [4.78, 5) is 37.9. The van der Waals surface area contributed by atoms with E-state index < -0.39 is 6.04 Å². The van der Waals surface area contributed by atoms with Crippen LogP contribution in [0.2, 0.25) is 0 Å². The summed E-state index contributed by atoms with van der Waals surface area (Å²) in [6, 6.07) is 1.25. The number of nitrogens with one attached hydrogen (secondary N) is 3. The van der Waals surface area contributed by atoms with Crippen LogP contribution >= 0.6 is 0 Å². The molecule has 1 aromatic rings. The van der Waals surface area contributed by atoms with E-state index in [2.05, 4.69) is 15.6 Å². The van der Waals surface area contributed by atoms with Crippen LogP contribution in [0.4, 0.5) is 0 Å². The molecule has 2 amide bonds. The fourth-order valence-corrected chi connectivity index (χ4v) is 2.14. The van der Waals surface area contributed by atoms with Crippen molar-refractivity contribution in [2.24, 2.45) is 5.92 Å². The van der Waals surface area contributed by atoms with Crippen LogP contribution < -0.4 is 16.2 Å². The van der Waals surface area contributed by atoms with Gasteiger partial charge in [0.25, 0.3) is 5.56 Å². The highest BCUT2D eigenvalue weighted by Crippen LogP contribution is 2.05. The van der Waals surface area contributed by atoms with Gasteiger partial charge in [0, 0.05) is 24.7 Å². The Morgan fingerprint density at radius 2 is 1.90 bits per heavy atom. The van der Waals surface area contributed by atoms with Gasteiger partial charge in [-0.3, -0.25) is 14.4 Å². The number of carbonyl (C=O) groups is 2. The van der Waals surface area contributed by atoms with E-state index in [-0.39, 0.29) is 29.8 Å². The third kappa shape index (κ3) is 4.73. The van der Waals surface area contributed by atoms with Gasteiger partial charge in [-0.05, 0) is 31.4 Å². The molecular formula is C15H23N3O3. The number of aryl methyl sites for hydroxylation is 2. The van der Waals surface area contributed by atoms with Gasteiger partial charge in [-0.15, -0.1) is 0 Å². The lowest BCUT2D eigenvalue weighted by atomic mass is 10.0. The molecule has 0 saturated heterocycles. The number of aromatic amines is 1. The van der Waals surface area contributed by atoms with Crippen molar-refractivity contribution < 1.29 is 9.59 Å². The van der Waals surface area contributed by atoms with Crippen molar-refractivity contribution in [2.75, 3.05) is 0 Å². The zero-order chi connectivity index (χ0) is 16.2. The number of carbonyl (C=O) groups excluding carboxylic acids is 2. The Balaban J connectivity index is 2.80. The van der Waals surface area contributed by atoms with E-state index in [0.29, 0.717) is 5.56 Å². The molecule has 1 aromatic heterocycles. The normalized spacial score (nSPS) is 12.1. The van der Waals surface area contributed by atoms with Gasteiger partial charge in [0.1, 0.15) is 6.04 Å². The van der Waals surface area contributed by atoms with Gasteiger partial charge in [-0.2, -0.15) is 0 Å². The average Bonchev–Trinajstić information content (AvgIpc) is 2.33. The predicted octanol–water partition coefficient (Wildman–Crippen LogP) is 0.769. The Morgan fingerprint density at radius 1 is 1.29 bits per heavy atom. The van der Waals surface area contributed by atoms with E-state index in [1.165, 1.54) is 6.92 Å². The summed E-state index contributed by atoms with van der Waals surface area (Å²) in [7, 11) is 0. The topological polar surface area (TPSA) is 91.1 Å². The number of H-pyrrole nitrogens is 1. The molecule has 0 aliphatic rings. The summed E-state index contributed by atoms with van der Waals surface area (Å²) in [5, 5.41) is 5.33. The maximum absolute atomic E-state index is 12.1. The molecule has 0 fully saturated rings. The van der Waals surface area contributed by atoms with Crippen molar-refractivity contribution in [3.63, 3.8) is 0 Å². The molecule has 6 nitrogen and oxygen atoms in total. The fourth-order valence-electron chi connectivity index (χ4n) is 2.14. The van der Waals surface area contributed by atoms with Crippen LogP contribution in [-0.4, -0.2) is 22.8 Å². The lowest BCUT2D eigenvalue weighted by Crippen LogP contribution is -2.49. The summed E-state index contributed by atoms with van der Waals surface area (Å²) >= 11 is 0. The van der Waals surface area contributed by atoms with Crippen molar-refractivity contribution >= 4 is 11.8 Å². The molecule has 1 heterocycles. The second kappa shape index (κ2) is 7.06. The Kier molecular flexibility index (Phi) is 5.69. The van der Waals surface area contributed by atoms with E-state index in [0.717, 1.165) is 11.3 Å². The molecule has 6 heteroatoms. The zero-order valence-electron chi connectivity index (χ0n) is 13.2. The van der Waals surface area contributed by atoms with E-state index in [1.807, 2.05) is 33.8 Å². The first-order chi connectivity index (χ1) is 9.72. The minimum absolute atomic E-state index is 0.0358. The van der Waals surface area contributed by atoms with Gasteiger partial charge < -0.3 is 15.6 Å². The third-order valence-electron chi connectivity index (χ3n) is 3.24. The lowest BCUT2D eigenvalue weighted by Gasteiger charge is -2.21. The van der Waals surface area contributed by atoms with E-state index >= 15 is 0 Å². The van der Waals surface area contributed by atoms with Crippen molar-refractivity contribution in [1.29, 1.82) is 0 Å². The summed E-state index contributed by atoms with van der Waals surface area (Å²) in [6.07, 6.45) is 0. The molecule has 0 unspecified atom stereocenters. The Labute approximate surface area is 124 Å². The fraction of sp³-hybridized carbons (Fsp3) is 0.533. The highest BCUT2D eigenvalue weighted by Gasteiger charge is 2.23. The van der Waals surface area contributed by atoms with Crippen LogP contribution in [0.3, 0.4) is 0 Å². The molecule has 0 aromatic carbocycles. The minimum atomic E-state index is -0.604. The van der Waals surface area contributed by atoms with Crippen molar-refractivity contribution in [3.8, 4) is 0 Å². The summed E-state index contributed by atoms with van der Waals surface area (Å²) < 4.78 is 0. The van der Waals surface area contributed by atoms with Crippen molar-refractivity contribution in [1.82, 2.24) is 15.6 Å². The zero-order valence-corrected chi connectivity index (χ0v) is 13.2. The quantitative estimate of drug-likeness (QED) is 0.749. The van der Waals surface area contributed by atoms with Crippen LogP contribution in [0.25, 0.3) is 0 Å². The number of aromatic nitrogens is 1. The van der Waals surface area contributed by atoms with Crippen molar-refractivity contribution in [2.45, 2.75) is 47.2 Å². The molecule has 116 valence electrons. The van der Waals surface area contributed by atoms with Crippen LogP contribution in [0.1, 0.15) is 37.6 Å². The molecule has 21 heavy (non-hydrogen) atoms. The number of rotatable bonds is 5. The predicted molar refractivity (Wildman–Crippen MR) is 80.8 cm³/mol. The molecule has 0 spiro atoms. The molecule has 1 atom stereocenters. The van der Waals surface area contributed by atoms with Crippen LogP contribution in [-0.2, 0) is 16.1 Å². The molecule has 0 aliphatic heterocycles. The first kappa shape index (κ1) is 16.9. The second-order valence-electron chi connectivity index (χ2n) is 5.58. The van der Waals surface area contributed by atoms with E-state index in [4.69, 9.17) is 0 Å². The monoisotopic (exact) mass is 293 g/mol. The first-order valence-electron chi connectivity index (χ1n) is 6.96. The number of amides is 2. The largest absolute Gasteiger partial charge is 0.350 e. The molecule has 3 N–H and O–H groups in total. The van der Waals surface area contributed by atoms with Gasteiger partial charge in [0.2, 0.25) is 11.8 Å². The summed E-state index contributed by atoms with van der Waals surface area (Å²) in [6.45, 7) is 8.86. The lowest BCUT2D eigenvalue weighted by molar-refractivity contribution is -0.129. The maximum Gasteiger partial charge on any atom is 0.253 e. The number of pyridine rings is 1. The summed E-state index contributed by atoms with van der Waals surface area (Å²) in [5.74, 6) is -0.584. The standard InChI is InChI=1S/C15H23N3O3/c1-8(2)13(18-11(5)19)15(21)16-7-12-9(3)6-10(4)17-14(12)20/h6,8,13H,7H2,1-5H3,(H,16,21)(H,17,20)(H,18,19)/t13-/m0/s1. The number of hydrogen-bond donors (Lipinski definition) is 3.